The second-order valence-corrected chi connectivity index (χ2v) is 3.54. The van der Waals surface area contributed by atoms with Crippen LogP contribution in [0.25, 0.3) is 0 Å². The Morgan fingerprint density at radius 1 is 1.64 bits per heavy atom. The lowest BCUT2D eigenvalue weighted by Crippen LogP contribution is -2.15. The van der Waals surface area contributed by atoms with E-state index in [1.54, 1.807) is 11.0 Å². The van der Waals surface area contributed by atoms with Gasteiger partial charge in [-0.05, 0) is 12.3 Å². The Hall–Kier alpha value is -1.41. The summed E-state index contributed by atoms with van der Waals surface area (Å²) in [5.41, 5.74) is 0. The Kier molecular flexibility index (Phi) is 2.75. The van der Waals surface area contributed by atoms with Gasteiger partial charge in [-0.1, -0.05) is 0 Å². The van der Waals surface area contributed by atoms with E-state index in [1.807, 2.05) is 0 Å². The topological polar surface area (TPSA) is 63.7 Å². The molecule has 0 amide bonds. The van der Waals surface area contributed by atoms with Gasteiger partial charge in [0.25, 0.3) is 0 Å². The fourth-order valence-electron chi connectivity index (χ4n) is 1.71. The van der Waals surface area contributed by atoms with Gasteiger partial charge in [0.2, 0.25) is 0 Å². The highest BCUT2D eigenvalue weighted by atomic mass is 16.5. The fraction of sp³-hybridized carbons (Fsp3) is 0.667. The quantitative estimate of drug-likeness (QED) is 0.703. The van der Waals surface area contributed by atoms with Crippen LogP contribution in [-0.2, 0) is 11.3 Å². The van der Waals surface area contributed by atoms with E-state index in [2.05, 4.69) is 16.2 Å². The molecule has 0 aliphatic carbocycles. The maximum atomic E-state index is 8.54. The molecular formula is C9H12N4O. The van der Waals surface area contributed by atoms with E-state index < -0.39 is 0 Å². The van der Waals surface area contributed by atoms with Crippen molar-refractivity contribution in [3.63, 3.8) is 0 Å². The fourth-order valence-corrected chi connectivity index (χ4v) is 1.71. The zero-order valence-corrected chi connectivity index (χ0v) is 7.83. The molecule has 14 heavy (non-hydrogen) atoms. The van der Waals surface area contributed by atoms with E-state index in [0.29, 0.717) is 18.9 Å². The normalized spacial score (nSPS) is 26.2. The lowest BCUT2D eigenvalue weighted by Gasteiger charge is -2.07. The summed E-state index contributed by atoms with van der Waals surface area (Å²) >= 11 is 0. The minimum absolute atomic E-state index is 0.190. The van der Waals surface area contributed by atoms with Crippen LogP contribution in [0, 0.1) is 17.2 Å². The van der Waals surface area contributed by atoms with E-state index in [-0.39, 0.29) is 6.10 Å². The molecule has 0 spiro atoms. The maximum absolute atomic E-state index is 8.54. The molecule has 1 aliphatic rings. The number of nitriles is 1. The smallest absolute Gasteiger partial charge is 0.137 e. The molecule has 74 valence electrons. The van der Waals surface area contributed by atoms with Gasteiger partial charge < -0.3 is 4.74 Å². The largest absolute Gasteiger partial charge is 0.376 e. The predicted molar refractivity (Wildman–Crippen MR) is 48.1 cm³/mol. The average molecular weight is 192 g/mol. The Morgan fingerprint density at radius 2 is 2.57 bits per heavy atom. The zero-order valence-electron chi connectivity index (χ0n) is 7.83. The number of rotatable bonds is 3. The monoisotopic (exact) mass is 192 g/mol. The maximum Gasteiger partial charge on any atom is 0.137 e. The molecule has 2 rings (SSSR count). The van der Waals surface area contributed by atoms with Crippen molar-refractivity contribution >= 4 is 0 Å². The SMILES string of the molecule is N#CCC1COC(Cn2cncn2)C1. The molecular weight excluding hydrogens is 180 g/mol. The number of ether oxygens (including phenoxy) is 1. The first-order valence-corrected chi connectivity index (χ1v) is 4.69. The molecule has 1 aromatic heterocycles. The van der Waals surface area contributed by atoms with Gasteiger partial charge in [0.15, 0.2) is 0 Å². The lowest BCUT2D eigenvalue weighted by molar-refractivity contribution is 0.0906. The van der Waals surface area contributed by atoms with Crippen LogP contribution in [0.1, 0.15) is 12.8 Å². The van der Waals surface area contributed by atoms with Gasteiger partial charge in [-0.2, -0.15) is 10.4 Å². The number of hydrogen-bond donors (Lipinski definition) is 0. The van der Waals surface area contributed by atoms with Crippen LogP contribution in [0.3, 0.4) is 0 Å². The van der Waals surface area contributed by atoms with Gasteiger partial charge in [-0.25, -0.2) is 4.98 Å². The zero-order chi connectivity index (χ0) is 9.80. The van der Waals surface area contributed by atoms with Crippen molar-refractivity contribution in [2.24, 2.45) is 5.92 Å². The Balaban J connectivity index is 1.82. The first kappa shape index (κ1) is 9.16. The average Bonchev–Trinajstić information content (AvgIpc) is 2.79. The van der Waals surface area contributed by atoms with Crippen molar-refractivity contribution in [2.45, 2.75) is 25.5 Å². The number of aromatic nitrogens is 3. The van der Waals surface area contributed by atoms with Gasteiger partial charge >= 0.3 is 0 Å². The summed E-state index contributed by atoms with van der Waals surface area (Å²) in [5.74, 6) is 0.397. The second kappa shape index (κ2) is 4.20. The van der Waals surface area contributed by atoms with E-state index >= 15 is 0 Å². The van der Waals surface area contributed by atoms with E-state index in [0.717, 1.165) is 13.0 Å². The minimum atomic E-state index is 0.190. The standard InChI is InChI=1S/C9H12N4O/c10-2-1-8-3-9(14-5-8)4-13-7-11-6-12-13/h6-9H,1,3-5H2. The second-order valence-electron chi connectivity index (χ2n) is 3.54. The van der Waals surface area contributed by atoms with Gasteiger partial charge in [0.1, 0.15) is 12.7 Å². The molecule has 1 aromatic rings. The summed E-state index contributed by atoms with van der Waals surface area (Å²) in [6.07, 6.45) is 4.93. The third-order valence-electron chi connectivity index (χ3n) is 2.40. The van der Waals surface area contributed by atoms with Crippen LogP contribution in [0.15, 0.2) is 12.7 Å². The third-order valence-corrected chi connectivity index (χ3v) is 2.40. The molecule has 1 saturated heterocycles. The van der Waals surface area contributed by atoms with Crippen LogP contribution in [0.5, 0.6) is 0 Å². The molecule has 2 atom stereocenters. The van der Waals surface area contributed by atoms with E-state index in [1.165, 1.54) is 6.33 Å². The van der Waals surface area contributed by atoms with Crippen molar-refractivity contribution < 1.29 is 4.74 Å². The molecule has 1 aliphatic heterocycles. The van der Waals surface area contributed by atoms with Crippen molar-refractivity contribution in [3.05, 3.63) is 12.7 Å². The Bertz CT molecular complexity index is 316. The highest BCUT2D eigenvalue weighted by molar-refractivity contribution is 4.82. The summed E-state index contributed by atoms with van der Waals surface area (Å²) in [7, 11) is 0. The molecule has 2 unspecified atom stereocenters. The highest BCUT2D eigenvalue weighted by Gasteiger charge is 2.25. The summed E-state index contributed by atoms with van der Waals surface area (Å²) < 4.78 is 7.32. The number of hydrogen-bond acceptors (Lipinski definition) is 4. The van der Waals surface area contributed by atoms with Crippen LogP contribution in [0.4, 0.5) is 0 Å². The summed E-state index contributed by atoms with van der Waals surface area (Å²) in [6.45, 7) is 1.44. The van der Waals surface area contributed by atoms with Gasteiger partial charge in [0, 0.05) is 6.42 Å². The van der Waals surface area contributed by atoms with Crippen molar-refractivity contribution in [1.29, 1.82) is 5.26 Å². The lowest BCUT2D eigenvalue weighted by atomic mass is 10.0. The third kappa shape index (κ3) is 2.09. The first-order valence-electron chi connectivity index (χ1n) is 4.69. The van der Waals surface area contributed by atoms with Crippen molar-refractivity contribution in [2.75, 3.05) is 6.61 Å². The first-order chi connectivity index (χ1) is 6.88. The molecule has 0 radical (unpaired) electrons. The Labute approximate surface area is 82.3 Å². The molecule has 5 heteroatoms. The molecule has 5 nitrogen and oxygen atoms in total. The molecule has 0 N–H and O–H groups in total. The molecule has 1 fully saturated rings. The highest BCUT2D eigenvalue weighted by Crippen LogP contribution is 2.22. The van der Waals surface area contributed by atoms with Gasteiger partial charge in [-0.15, -0.1) is 0 Å². The van der Waals surface area contributed by atoms with Crippen molar-refractivity contribution in [1.82, 2.24) is 14.8 Å². The van der Waals surface area contributed by atoms with Gasteiger partial charge in [-0.3, -0.25) is 4.68 Å². The van der Waals surface area contributed by atoms with Crippen molar-refractivity contribution in [3.8, 4) is 6.07 Å². The van der Waals surface area contributed by atoms with Gasteiger partial charge in [0.05, 0.1) is 25.3 Å². The summed E-state index contributed by atoms with van der Waals surface area (Å²) in [4.78, 5) is 3.86. The van der Waals surface area contributed by atoms with Crippen LogP contribution >= 0.6 is 0 Å². The van der Waals surface area contributed by atoms with E-state index in [9.17, 15) is 0 Å². The van der Waals surface area contributed by atoms with E-state index in [4.69, 9.17) is 10.00 Å². The Morgan fingerprint density at radius 3 is 3.29 bits per heavy atom. The molecule has 2 heterocycles. The molecule has 0 aromatic carbocycles. The molecule has 0 bridgehead atoms. The molecule has 0 saturated carbocycles. The summed E-state index contributed by atoms with van der Waals surface area (Å²) in [6, 6.07) is 2.17. The van der Waals surface area contributed by atoms with Crippen LogP contribution < -0.4 is 0 Å². The van der Waals surface area contributed by atoms with Crippen LogP contribution in [0.2, 0.25) is 0 Å². The minimum Gasteiger partial charge on any atom is -0.376 e. The number of nitrogens with zero attached hydrogens (tertiary/aromatic N) is 4. The summed E-state index contributed by atoms with van der Waals surface area (Å²) in [5, 5.41) is 12.5. The van der Waals surface area contributed by atoms with Crippen LogP contribution in [-0.4, -0.2) is 27.5 Å². The predicted octanol–water partition coefficient (Wildman–Crippen LogP) is 0.597.